The van der Waals surface area contributed by atoms with Crippen molar-refractivity contribution in [2.75, 3.05) is 33.0 Å². The van der Waals surface area contributed by atoms with Gasteiger partial charge in [-0.15, -0.1) is 4.59 Å². The molecular formula is C30H37N8O2+. The number of amidine groups is 1. The maximum atomic E-state index is 12.9. The number of nitrogens with zero attached hydrogens (tertiary/aromatic N) is 6. The molecule has 1 aromatic heterocycles. The molecule has 0 saturated carbocycles. The molecule has 0 aliphatic carbocycles. The van der Waals surface area contributed by atoms with Gasteiger partial charge in [0.2, 0.25) is 11.6 Å². The summed E-state index contributed by atoms with van der Waals surface area (Å²) < 4.78 is -0.179. The average molecular weight is 542 g/mol. The van der Waals surface area contributed by atoms with Gasteiger partial charge in [-0.25, -0.2) is 4.98 Å². The van der Waals surface area contributed by atoms with Crippen LogP contribution in [0.15, 0.2) is 88.5 Å². The number of hydrogen-bond donors (Lipinski definition) is 2. The first-order valence-electron chi connectivity index (χ1n) is 13.3. The molecule has 3 N–H and O–H groups in total. The summed E-state index contributed by atoms with van der Waals surface area (Å²) in [5, 5.41) is 2.87. The van der Waals surface area contributed by atoms with E-state index in [1.807, 2.05) is 56.3 Å². The molecule has 1 aromatic carbocycles. The number of benzene rings is 1. The molecule has 0 spiro atoms. The first-order chi connectivity index (χ1) is 19.1. The van der Waals surface area contributed by atoms with Crippen LogP contribution in [0.4, 0.5) is 5.82 Å². The molecule has 2 amide bonds. The number of rotatable bonds is 10. The standard InChI is InChI=1S/C30H36N8O2/c1-6-8-22-14-15-33-26(19-22)34-30(40)24-12-10-23(11-13-24)29-35-28(25-20-32-16-18-38(25,29)31)21(2)37(5)27(39)9-7-17-36(3)4/h7,9-16,18-21H,6,8,17,31H2,1-5H3/p+1/b9-7+. The maximum absolute atomic E-state index is 12.9. The van der Waals surface area contributed by atoms with E-state index in [0.717, 1.165) is 24.0 Å². The number of likely N-dealkylation sites (N-methyl/N-ethyl adjacent to an activating group) is 2. The molecule has 2 aromatic rings. The molecule has 208 valence electrons. The number of nitrogens with one attached hydrogen (secondary N) is 1. The lowest BCUT2D eigenvalue weighted by molar-refractivity contribution is -0.750. The number of aliphatic imine (C=N–C) groups is 2. The Morgan fingerprint density at radius 1 is 1.15 bits per heavy atom. The van der Waals surface area contributed by atoms with Crippen LogP contribution in [0.2, 0.25) is 0 Å². The molecule has 4 rings (SSSR count). The van der Waals surface area contributed by atoms with Gasteiger partial charge in [-0.1, -0.05) is 19.4 Å². The highest BCUT2D eigenvalue weighted by Gasteiger charge is 2.46. The summed E-state index contributed by atoms with van der Waals surface area (Å²) in [6.07, 6.45) is 12.1. The van der Waals surface area contributed by atoms with Crippen LogP contribution in [-0.4, -0.2) is 77.0 Å². The van der Waals surface area contributed by atoms with E-state index in [2.05, 4.69) is 22.2 Å². The SMILES string of the molecule is CCCc1ccnc(NC(=O)c2ccc(C3=NC(C(C)N(C)C(=O)/C=C/CN(C)C)=C4C=NC=C[N+]34N)cc2)c1. The number of amides is 2. The number of carbonyl (C=O) groups is 2. The van der Waals surface area contributed by atoms with Crippen molar-refractivity contribution in [3.8, 4) is 0 Å². The topological polar surface area (TPSA) is 116 Å². The number of nitrogens with two attached hydrogens (primary N) is 1. The van der Waals surface area contributed by atoms with Crippen LogP contribution in [-0.2, 0) is 11.2 Å². The van der Waals surface area contributed by atoms with Gasteiger partial charge in [-0.05, 0) is 69.4 Å². The van der Waals surface area contributed by atoms with E-state index in [-0.39, 0.29) is 22.4 Å². The molecule has 40 heavy (non-hydrogen) atoms. The number of hydrogen-bond acceptors (Lipinski definition) is 7. The Bertz CT molecular complexity index is 1420. The van der Waals surface area contributed by atoms with Crippen LogP contribution < -0.4 is 11.2 Å². The summed E-state index contributed by atoms with van der Waals surface area (Å²) in [6.45, 7) is 4.69. The minimum absolute atomic E-state index is 0.130. The van der Waals surface area contributed by atoms with Crippen molar-refractivity contribution < 1.29 is 14.2 Å². The van der Waals surface area contributed by atoms with Gasteiger partial charge in [0.1, 0.15) is 17.7 Å². The smallest absolute Gasteiger partial charge is 0.264 e. The normalized spacial score (nSPS) is 18.7. The molecule has 10 nitrogen and oxygen atoms in total. The number of allylic oxidation sites excluding steroid dienone is 1. The monoisotopic (exact) mass is 541 g/mol. The van der Waals surface area contributed by atoms with Gasteiger partial charge in [-0.3, -0.25) is 14.6 Å². The van der Waals surface area contributed by atoms with Gasteiger partial charge in [0.25, 0.3) is 11.7 Å². The zero-order valence-corrected chi connectivity index (χ0v) is 23.7. The van der Waals surface area contributed by atoms with Gasteiger partial charge >= 0.3 is 0 Å². The second-order valence-corrected chi connectivity index (χ2v) is 10.2. The third kappa shape index (κ3) is 6.15. The number of fused-ring (bicyclic) bond motifs is 1. The molecule has 0 bridgehead atoms. The zero-order chi connectivity index (χ0) is 28.9. The first-order valence-corrected chi connectivity index (χ1v) is 13.3. The van der Waals surface area contributed by atoms with Crippen LogP contribution in [0, 0.1) is 0 Å². The van der Waals surface area contributed by atoms with Crippen LogP contribution >= 0.6 is 0 Å². The molecule has 10 heteroatoms. The van der Waals surface area contributed by atoms with E-state index in [0.29, 0.717) is 35.2 Å². The molecule has 0 radical (unpaired) electrons. The van der Waals surface area contributed by atoms with Crippen molar-refractivity contribution in [2.45, 2.75) is 32.7 Å². The van der Waals surface area contributed by atoms with Crippen LogP contribution in [0.5, 0.6) is 0 Å². The molecule has 0 fully saturated rings. The Balaban J connectivity index is 1.55. The summed E-state index contributed by atoms with van der Waals surface area (Å²) in [5.41, 5.74) is 3.70. The number of aryl methyl sites for hydroxylation is 1. The Morgan fingerprint density at radius 3 is 2.60 bits per heavy atom. The van der Waals surface area contributed by atoms with E-state index < -0.39 is 0 Å². The lowest BCUT2D eigenvalue weighted by atomic mass is 10.1. The Kier molecular flexibility index (Phi) is 8.83. The fourth-order valence-electron chi connectivity index (χ4n) is 4.52. The zero-order valence-electron chi connectivity index (χ0n) is 23.7. The predicted molar refractivity (Wildman–Crippen MR) is 158 cm³/mol. The average Bonchev–Trinajstić information content (AvgIpc) is 3.25. The molecular weight excluding hydrogens is 504 g/mol. The number of anilines is 1. The minimum atomic E-state index is -0.357. The quantitative estimate of drug-likeness (QED) is 0.271. The summed E-state index contributed by atoms with van der Waals surface area (Å²) >= 11 is 0. The van der Waals surface area contributed by atoms with Crippen molar-refractivity contribution in [2.24, 2.45) is 15.8 Å². The second-order valence-electron chi connectivity index (χ2n) is 10.2. The summed E-state index contributed by atoms with van der Waals surface area (Å²) in [6, 6.07) is 10.6. The van der Waals surface area contributed by atoms with Crippen molar-refractivity contribution in [1.29, 1.82) is 0 Å². The fraction of sp³-hybridized carbons (Fsp3) is 0.300. The number of pyridine rings is 1. The van der Waals surface area contributed by atoms with Crippen molar-refractivity contribution >= 4 is 29.7 Å². The number of quaternary nitrogens is 1. The molecule has 0 saturated heterocycles. The Labute approximate surface area is 235 Å². The lowest BCUT2D eigenvalue weighted by Gasteiger charge is -2.27. The predicted octanol–water partition coefficient (Wildman–Crippen LogP) is 3.47. The summed E-state index contributed by atoms with van der Waals surface area (Å²) in [5.74, 6) is 7.57. The number of aromatic nitrogens is 1. The molecule has 2 unspecified atom stereocenters. The maximum Gasteiger partial charge on any atom is 0.264 e. The van der Waals surface area contributed by atoms with E-state index in [1.54, 1.807) is 55.0 Å². The van der Waals surface area contributed by atoms with E-state index in [1.165, 1.54) is 0 Å². The van der Waals surface area contributed by atoms with E-state index in [9.17, 15) is 9.59 Å². The Hall–Kier alpha value is -4.25. The van der Waals surface area contributed by atoms with Crippen LogP contribution in [0.1, 0.15) is 41.8 Å². The minimum Gasteiger partial charge on any atom is -0.334 e. The van der Waals surface area contributed by atoms with E-state index >= 15 is 0 Å². The largest absolute Gasteiger partial charge is 0.334 e. The van der Waals surface area contributed by atoms with Crippen molar-refractivity contribution in [3.63, 3.8) is 0 Å². The highest BCUT2D eigenvalue weighted by molar-refractivity contribution is 6.05. The highest BCUT2D eigenvalue weighted by Crippen LogP contribution is 2.33. The molecule has 2 aliphatic rings. The third-order valence-electron chi connectivity index (χ3n) is 6.89. The Morgan fingerprint density at radius 2 is 1.90 bits per heavy atom. The van der Waals surface area contributed by atoms with Crippen molar-refractivity contribution in [1.82, 2.24) is 14.8 Å². The second kappa shape index (κ2) is 12.3. The fourth-order valence-corrected chi connectivity index (χ4v) is 4.52. The molecule has 2 aliphatic heterocycles. The van der Waals surface area contributed by atoms with Crippen LogP contribution in [0.3, 0.4) is 0 Å². The summed E-state index contributed by atoms with van der Waals surface area (Å²) in [7, 11) is 5.63. The molecule has 3 heterocycles. The van der Waals surface area contributed by atoms with E-state index in [4.69, 9.17) is 10.8 Å². The van der Waals surface area contributed by atoms with Gasteiger partial charge in [0.05, 0.1) is 24.0 Å². The third-order valence-corrected chi connectivity index (χ3v) is 6.89. The van der Waals surface area contributed by atoms with Gasteiger partial charge in [0, 0.05) is 31.4 Å². The number of carbonyl (C=O) groups excluding carboxylic acids is 2. The van der Waals surface area contributed by atoms with Crippen molar-refractivity contribution in [3.05, 3.63) is 95.2 Å². The molecule has 2 atom stereocenters. The first kappa shape index (κ1) is 28.8. The van der Waals surface area contributed by atoms with Crippen LogP contribution in [0.25, 0.3) is 0 Å². The van der Waals surface area contributed by atoms with Gasteiger partial charge in [-0.2, -0.15) is 10.8 Å². The highest BCUT2D eigenvalue weighted by atomic mass is 16.2. The lowest BCUT2D eigenvalue weighted by Crippen LogP contribution is -2.53. The summed E-state index contributed by atoms with van der Waals surface area (Å²) in [4.78, 5) is 42.8. The van der Waals surface area contributed by atoms with Gasteiger partial charge in [0.15, 0.2) is 0 Å². The van der Waals surface area contributed by atoms with Gasteiger partial charge < -0.3 is 15.1 Å².